The predicted molar refractivity (Wildman–Crippen MR) is 162 cm³/mol. The lowest BCUT2D eigenvalue weighted by Crippen LogP contribution is -2.41. The van der Waals surface area contributed by atoms with Crippen LogP contribution in [-0.2, 0) is 25.7 Å². The molecule has 0 aliphatic carbocycles. The summed E-state index contributed by atoms with van der Waals surface area (Å²) >= 11 is 0. The third kappa shape index (κ3) is 6.62. The second-order valence-corrected chi connectivity index (χ2v) is 11.6. The molecule has 0 radical (unpaired) electrons. The molecule has 0 aliphatic rings. The molecule has 0 heterocycles. The zero-order chi connectivity index (χ0) is 27.5. The maximum absolute atomic E-state index is 14.5. The van der Waals surface area contributed by atoms with Crippen LogP contribution >= 0.6 is 0 Å². The first-order chi connectivity index (χ1) is 18.7. The van der Waals surface area contributed by atoms with Crippen molar-refractivity contribution in [2.75, 3.05) is 0 Å². The van der Waals surface area contributed by atoms with Gasteiger partial charge in [-0.3, -0.25) is 0 Å². The summed E-state index contributed by atoms with van der Waals surface area (Å²) in [4.78, 5) is 0. The van der Waals surface area contributed by atoms with Crippen molar-refractivity contribution in [2.24, 2.45) is 11.5 Å². The largest absolute Gasteiger partial charge is 0.325 e. The van der Waals surface area contributed by atoms with Gasteiger partial charge in [0.25, 0.3) is 0 Å². The first kappa shape index (κ1) is 26.8. The fourth-order valence-electron chi connectivity index (χ4n) is 5.85. The number of fused-ring (bicyclic) bond motifs is 1. The lowest BCUT2D eigenvalue weighted by Gasteiger charge is -2.30. The Hall–Kier alpha value is -3.79. The lowest BCUT2D eigenvalue weighted by atomic mass is 9.79. The normalized spacial score (nSPS) is 14.6. The Labute approximate surface area is 231 Å². The van der Waals surface area contributed by atoms with E-state index in [2.05, 4.69) is 80.6 Å². The van der Waals surface area contributed by atoms with Crippen molar-refractivity contribution in [3.63, 3.8) is 0 Å². The van der Waals surface area contributed by atoms with Gasteiger partial charge in [-0.2, -0.15) is 0 Å². The highest BCUT2D eigenvalue weighted by molar-refractivity contribution is 5.94. The Balaban J connectivity index is 1.61. The molecular weight excluding hydrogens is 479 g/mol. The number of benzene rings is 5. The second kappa shape index (κ2) is 11.1. The van der Waals surface area contributed by atoms with Gasteiger partial charge in [-0.25, -0.2) is 4.39 Å². The van der Waals surface area contributed by atoms with Crippen molar-refractivity contribution in [1.29, 1.82) is 0 Å². The zero-order valence-corrected chi connectivity index (χ0v) is 22.8. The molecular formula is C36H37FN2. The van der Waals surface area contributed by atoms with Crippen LogP contribution in [0.2, 0.25) is 0 Å². The predicted octanol–water partition coefficient (Wildman–Crippen LogP) is 7.65. The summed E-state index contributed by atoms with van der Waals surface area (Å²) in [5, 5.41) is 2.32. The average molecular weight is 517 g/mol. The molecule has 0 fully saturated rings. The van der Waals surface area contributed by atoms with Crippen molar-refractivity contribution in [3.05, 3.63) is 143 Å². The van der Waals surface area contributed by atoms with E-state index >= 15 is 0 Å². The van der Waals surface area contributed by atoms with Crippen LogP contribution in [0.5, 0.6) is 0 Å². The minimum atomic E-state index is -0.497. The molecule has 0 aromatic heterocycles. The van der Waals surface area contributed by atoms with Crippen LogP contribution in [0, 0.1) is 5.82 Å². The van der Waals surface area contributed by atoms with E-state index in [9.17, 15) is 4.39 Å². The highest BCUT2D eigenvalue weighted by Crippen LogP contribution is 2.37. The molecule has 0 bridgehead atoms. The molecule has 3 heteroatoms. The van der Waals surface area contributed by atoms with Gasteiger partial charge in [0.15, 0.2) is 0 Å². The third-order valence-electron chi connectivity index (χ3n) is 7.45. The SMILES string of the molecule is CC(N)(Cc1ccccc1)Cc1cc(-c2cccc(F)c2)c(CC(C)(N)Cc2ccccc2)c2ccccc12. The summed E-state index contributed by atoms with van der Waals surface area (Å²) in [6.45, 7) is 4.22. The Kier molecular flexibility index (Phi) is 7.65. The van der Waals surface area contributed by atoms with Gasteiger partial charge in [-0.05, 0) is 95.8 Å². The topological polar surface area (TPSA) is 52.0 Å². The standard InChI is InChI=1S/C36H37FN2/c1-35(38,22-26-12-5-3-6-13-26)24-29-21-33(28-16-11-17-30(37)20-28)34(32-19-10-9-18-31(29)32)25-36(2,39)23-27-14-7-4-8-15-27/h3-21H,22-25,38-39H2,1-2H3. The summed E-state index contributed by atoms with van der Waals surface area (Å²) < 4.78 is 14.5. The van der Waals surface area contributed by atoms with E-state index in [1.807, 2.05) is 30.3 Å². The highest BCUT2D eigenvalue weighted by Gasteiger charge is 2.26. The monoisotopic (exact) mass is 516 g/mol. The Bertz CT molecular complexity index is 1560. The summed E-state index contributed by atoms with van der Waals surface area (Å²) in [5.41, 5.74) is 19.6. The summed E-state index contributed by atoms with van der Waals surface area (Å²) in [7, 11) is 0. The van der Waals surface area contributed by atoms with E-state index in [1.165, 1.54) is 22.6 Å². The Morgan fingerprint density at radius 2 is 1.10 bits per heavy atom. The van der Waals surface area contributed by atoms with Gasteiger partial charge in [-0.1, -0.05) is 103 Å². The van der Waals surface area contributed by atoms with Crippen molar-refractivity contribution >= 4 is 10.8 Å². The molecule has 2 nitrogen and oxygen atoms in total. The number of nitrogens with two attached hydrogens (primary N) is 2. The van der Waals surface area contributed by atoms with E-state index in [1.54, 1.807) is 12.1 Å². The lowest BCUT2D eigenvalue weighted by molar-refractivity contribution is 0.461. The van der Waals surface area contributed by atoms with Gasteiger partial charge >= 0.3 is 0 Å². The van der Waals surface area contributed by atoms with Crippen molar-refractivity contribution in [2.45, 2.75) is 50.6 Å². The van der Waals surface area contributed by atoms with Crippen LogP contribution in [0.15, 0.2) is 115 Å². The molecule has 5 rings (SSSR count). The molecule has 0 spiro atoms. The maximum Gasteiger partial charge on any atom is 0.123 e. The van der Waals surface area contributed by atoms with Crippen molar-refractivity contribution in [1.82, 2.24) is 0 Å². The molecule has 2 atom stereocenters. The first-order valence-corrected chi connectivity index (χ1v) is 13.6. The number of hydrogen-bond donors (Lipinski definition) is 2. The van der Waals surface area contributed by atoms with Crippen LogP contribution in [0.4, 0.5) is 4.39 Å². The van der Waals surface area contributed by atoms with Gasteiger partial charge in [0, 0.05) is 11.1 Å². The minimum Gasteiger partial charge on any atom is -0.325 e. The number of halogens is 1. The van der Waals surface area contributed by atoms with Crippen LogP contribution in [-0.4, -0.2) is 11.1 Å². The molecule has 5 aromatic carbocycles. The summed E-state index contributed by atoms with van der Waals surface area (Å²) in [6, 6.07) is 38.3. The number of hydrogen-bond acceptors (Lipinski definition) is 2. The van der Waals surface area contributed by atoms with Crippen molar-refractivity contribution in [3.8, 4) is 11.1 Å². The molecule has 5 aromatic rings. The molecule has 0 amide bonds. The van der Waals surface area contributed by atoms with Crippen LogP contribution < -0.4 is 11.5 Å². The van der Waals surface area contributed by atoms with Gasteiger partial charge in [0.2, 0.25) is 0 Å². The van der Waals surface area contributed by atoms with Gasteiger partial charge in [0.05, 0.1) is 0 Å². The molecule has 198 valence electrons. The first-order valence-electron chi connectivity index (χ1n) is 13.6. The zero-order valence-electron chi connectivity index (χ0n) is 22.8. The molecule has 0 saturated heterocycles. The van der Waals surface area contributed by atoms with E-state index in [0.29, 0.717) is 12.8 Å². The molecule has 4 N–H and O–H groups in total. The minimum absolute atomic E-state index is 0.249. The van der Waals surface area contributed by atoms with Crippen LogP contribution in [0.3, 0.4) is 0 Å². The number of rotatable bonds is 9. The maximum atomic E-state index is 14.5. The van der Waals surface area contributed by atoms with E-state index in [4.69, 9.17) is 11.5 Å². The molecule has 0 saturated carbocycles. The average Bonchev–Trinajstić information content (AvgIpc) is 2.90. The van der Waals surface area contributed by atoms with E-state index in [0.717, 1.165) is 40.5 Å². The quantitative estimate of drug-likeness (QED) is 0.211. The van der Waals surface area contributed by atoms with Crippen molar-refractivity contribution < 1.29 is 4.39 Å². The fourth-order valence-corrected chi connectivity index (χ4v) is 5.85. The molecule has 39 heavy (non-hydrogen) atoms. The van der Waals surface area contributed by atoms with Crippen LogP contribution in [0.1, 0.15) is 36.1 Å². The van der Waals surface area contributed by atoms with E-state index < -0.39 is 11.1 Å². The smallest absolute Gasteiger partial charge is 0.123 e. The Morgan fingerprint density at radius 3 is 1.69 bits per heavy atom. The second-order valence-electron chi connectivity index (χ2n) is 11.6. The molecule has 2 unspecified atom stereocenters. The highest BCUT2D eigenvalue weighted by atomic mass is 19.1. The summed E-state index contributed by atoms with van der Waals surface area (Å²) in [6.07, 6.45) is 2.84. The van der Waals surface area contributed by atoms with E-state index in [-0.39, 0.29) is 5.82 Å². The van der Waals surface area contributed by atoms with Gasteiger partial charge < -0.3 is 11.5 Å². The van der Waals surface area contributed by atoms with Crippen LogP contribution in [0.25, 0.3) is 21.9 Å². The molecule has 0 aliphatic heterocycles. The van der Waals surface area contributed by atoms with Gasteiger partial charge in [-0.15, -0.1) is 0 Å². The van der Waals surface area contributed by atoms with Gasteiger partial charge in [0.1, 0.15) is 5.82 Å². The summed E-state index contributed by atoms with van der Waals surface area (Å²) in [5.74, 6) is -0.249. The Morgan fingerprint density at radius 1 is 0.564 bits per heavy atom. The third-order valence-corrected chi connectivity index (χ3v) is 7.45. The fraction of sp³-hybridized carbons (Fsp3) is 0.222.